The predicted octanol–water partition coefficient (Wildman–Crippen LogP) is 3.33. The lowest BCUT2D eigenvalue weighted by Gasteiger charge is -2.46. The van der Waals surface area contributed by atoms with Gasteiger partial charge in [-0.25, -0.2) is 0 Å². The Bertz CT molecular complexity index is 193. The number of hydrogen-bond donors (Lipinski definition) is 1. The van der Waals surface area contributed by atoms with Gasteiger partial charge in [0.1, 0.15) is 0 Å². The van der Waals surface area contributed by atoms with Crippen LogP contribution in [0.2, 0.25) is 0 Å². The zero-order valence-corrected chi connectivity index (χ0v) is 9.76. The molecule has 2 aliphatic rings. The van der Waals surface area contributed by atoms with Crippen LogP contribution >= 0.6 is 0 Å². The molecule has 82 valence electrons. The summed E-state index contributed by atoms with van der Waals surface area (Å²) in [6.07, 6.45) is 9.81. The molecule has 0 amide bonds. The van der Waals surface area contributed by atoms with Gasteiger partial charge in [0, 0.05) is 6.04 Å². The molecule has 0 heterocycles. The lowest BCUT2D eigenvalue weighted by atomic mass is 9.61. The maximum atomic E-state index is 6.43. The van der Waals surface area contributed by atoms with Crippen LogP contribution in [0.3, 0.4) is 0 Å². The van der Waals surface area contributed by atoms with Crippen LogP contribution in [0.5, 0.6) is 0 Å². The van der Waals surface area contributed by atoms with Gasteiger partial charge in [0.25, 0.3) is 0 Å². The molecule has 0 saturated heterocycles. The molecular weight excluding hydrogens is 170 g/mol. The summed E-state index contributed by atoms with van der Waals surface area (Å²) in [6, 6.07) is 0.499. The quantitative estimate of drug-likeness (QED) is 0.718. The summed E-state index contributed by atoms with van der Waals surface area (Å²) in [4.78, 5) is 0. The lowest BCUT2D eigenvalue weighted by Crippen LogP contribution is -2.47. The molecule has 2 rings (SSSR count). The zero-order chi connectivity index (χ0) is 10.2. The van der Waals surface area contributed by atoms with Gasteiger partial charge < -0.3 is 5.73 Å². The molecule has 2 atom stereocenters. The van der Waals surface area contributed by atoms with Gasteiger partial charge in [0.15, 0.2) is 0 Å². The van der Waals surface area contributed by atoms with Gasteiger partial charge in [-0.15, -0.1) is 0 Å². The Hall–Kier alpha value is -0.0400. The fraction of sp³-hybridized carbons (Fsp3) is 1.00. The smallest absolute Gasteiger partial charge is 0.0101 e. The second kappa shape index (κ2) is 3.84. The van der Waals surface area contributed by atoms with Gasteiger partial charge in [0.2, 0.25) is 0 Å². The van der Waals surface area contributed by atoms with Crippen LogP contribution in [-0.2, 0) is 0 Å². The molecule has 2 N–H and O–H groups in total. The van der Waals surface area contributed by atoms with E-state index >= 15 is 0 Å². The van der Waals surface area contributed by atoms with Gasteiger partial charge in [-0.1, -0.05) is 33.1 Å². The van der Waals surface area contributed by atoms with E-state index in [2.05, 4.69) is 13.8 Å². The van der Waals surface area contributed by atoms with Crippen LogP contribution in [0.15, 0.2) is 0 Å². The number of rotatable bonds is 2. The van der Waals surface area contributed by atoms with Crippen molar-refractivity contribution in [2.24, 2.45) is 23.0 Å². The summed E-state index contributed by atoms with van der Waals surface area (Å²) >= 11 is 0. The van der Waals surface area contributed by atoms with Gasteiger partial charge in [-0.2, -0.15) is 0 Å². The molecule has 2 unspecified atom stereocenters. The van der Waals surface area contributed by atoms with Crippen molar-refractivity contribution in [1.82, 2.24) is 0 Å². The van der Waals surface area contributed by atoms with Crippen LogP contribution in [0.4, 0.5) is 0 Å². The van der Waals surface area contributed by atoms with Crippen molar-refractivity contribution in [3.05, 3.63) is 0 Å². The normalized spacial score (nSPS) is 34.9. The highest BCUT2D eigenvalue weighted by Gasteiger charge is 2.40. The van der Waals surface area contributed by atoms with E-state index in [9.17, 15) is 0 Å². The molecule has 1 heteroatoms. The van der Waals surface area contributed by atoms with Gasteiger partial charge in [0.05, 0.1) is 0 Å². The Balaban J connectivity index is 1.99. The molecule has 2 saturated carbocycles. The lowest BCUT2D eigenvalue weighted by molar-refractivity contribution is 0.0692. The second-order valence-corrected chi connectivity index (χ2v) is 6.11. The largest absolute Gasteiger partial charge is 0.327 e. The number of nitrogens with two attached hydrogens (primary N) is 1. The van der Waals surface area contributed by atoms with Crippen molar-refractivity contribution in [1.29, 1.82) is 0 Å². The van der Waals surface area contributed by atoms with Gasteiger partial charge in [-0.05, 0) is 42.9 Å². The highest BCUT2D eigenvalue weighted by molar-refractivity contribution is 4.93. The highest BCUT2D eigenvalue weighted by atomic mass is 14.7. The van der Waals surface area contributed by atoms with Crippen LogP contribution in [0, 0.1) is 17.3 Å². The third-order valence-electron chi connectivity index (χ3n) is 4.75. The molecule has 0 aliphatic heterocycles. The molecule has 0 bridgehead atoms. The summed E-state index contributed by atoms with van der Waals surface area (Å²) in [5.41, 5.74) is 6.94. The monoisotopic (exact) mass is 195 g/mol. The Kier molecular flexibility index (Phi) is 2.88. The summed E-state index contributed by atoms with van der Waals surface area (Å²) in [5.74, 6) is 1.65. The van der Waals surface area contributed by atoms with E-state index in [1.54, 1.807) is 0 Å². The molecule has 0 radical (unpaired) electrons. The molecule has 1 nitrogen and oxygen atoms in total. The van der Waals surface area contributed by atoms with Crippen LogP contribution in [0.1, 0.15) is 58.8 Å². The van der Waals surface area contributed by atoms with Crippen molar-refractivity contribution in [3.8, 4) is 0 Å². The van der Waals surface area contributed by atoms with Gasteiger partial charge >= 0.3 is 0 Å². The van der Waals surface area contributed by atoms with Crippen molar-refractivity contribution in [3.63, 3.8) is 0 Å². The molecule has 0 spiro atoms. The van der Waals surface area contributed by atoms with E-state index in [4.69, 9.17) is 5.73 Å². The minimum atomic E-state index is 0.499. The van der Waals surface area contributed by atoms with Crippen molar-refractivity contribution >= 4 is 0 Å². The van der Waals surface area contributed by atoms with Crippen LogP contribution < -0.4 is 5.73 Å². The first kappa shape index (κ1) is 10.5. The van der Waals surface area contributed by atoms with E-state index in [1.165, 1.54) is 44.9 Å². The molecular formula is C13H25N. The first-order valence-electron chi connectivity index (χ1n) is 6.37. The molecule has 2 aliphatic carbocycles. The first-order valence-corrected chi connectivity index (χ1v) is 6.37. The third-order valence-corrected chi connectivity index (χ3v) is 4.75. The van der Waals surface area contributed by atoms with Gasteiger partial charge in [-0.3, -0.25) is 0 Å². The molecule has 2 fully saturated rings. The average molecular weight is 195 g/mol. The molecule has 14 heavy (non-hydrogen) atoms. The number of hydrogen-bond acceptors (Lipinski definition) is 1. The topological polar surface area (TPSA) is 26.0 Å². The maximum absolute atomic E-state index is 6.43. The zero-order valence-electron chi connectivity index (χ0n) is 9.76. The predicted molar refractivity (Wildman–Crippen MR) is 61.1 cm³/mol. The van der Waals surface area contributed by atoms with Crippen molar-refractivity contribution in [2.75, 3.05) is 0 Å². The Labute approximate surface area is 88.4 Å². The molecule has 0 aromatic rings. The van der Waals surface area contributed by atoms with Crippen molar-refractivity contribution < 1.29 is 0 Å². The second-order valence-electron chi connectivity index (χ2n) is 6.11. The first-order chi connectivity index (χ1) is 6.61. The minimum absolute atomic E-state index is 0.499. The summed E-state index contributed by atoms with van der Waals surface area (Å²) < 4.78 is 0. The van der Waals surface area contributed by atoms with E-state index in [1.807, 2.05) is 0 Å². The molecule has 0 aromatic carbocycles. The van der Waals surface area contributed by atoms with E-state index in [0.717, 1.165) is 11.8 Å². The van der Waals surface area contributed by atoms with E-state index < -0.39 is 0 Å². The average Bonchev–Trinajstić information content (AvgIpc) is 1.99. The van der Waals surface area contributed by atoms with E-state index in [-0.39, 0.29) is 0 Å². The van der Waals surface area contributed by atoms with E-state index in [0.29, 0.717) is 11.5 Å². The standard InChI is InChI=1S/C13H25N/c1-13(2)9-4-3-8-11(13)12(14)10-6-5-7-10/h10-12H,3-9,14H2,1-2H3. The van der Waals surface area contributed by atoms with Crippen LogP contribution in [0.25, 0.3) is 0 Å². The minimum Gasteiger partial charge on any atom is -0.327 e. The fourth-order valence-corrected chi connectivity index (χ4v) is 3.39. The maximum Gasteiger partial charge on any atom is 0.0101 e. The fourth-order valence-electron chi connectivity index (χ4n) is 3.39. The summed E-state index contributed by atoms with van der Waals surface area (Å²) in [5, 5.41) is 0. The summed E-state index contributed by atoms with van der Waals surface area (Å²) in [6.45, 7) is 4.85. The third kappa shape index (κ3) is 1.84. The Morgan fingerprint density at radius 1 is 1.07 bits per heavy atom. The highest BCUT2D eigenvalue weighted by Crippen LogP contribution is 2.45. The SMILES string of the molecule is CC1(C)CCCCC1C(N)C1CCC1. The Morgan fingerprint density at radius 3 is 2.29 bits per heavy atom. The van der Waals surface area contributed by atoms with Crippen LogP contribution in [-0.4, -0.2) is 6.04 Å². The Morgan fingerprint density at radius 2 is 1.79 bits per heavy atom. The van der Waals surface area contributed by atoms with Crippen molar-refractivity contribution in [2.45, 2.75) is 64.8 Å². The molecule has 0 aromatic heterocycles. The summed E-state index contributed by atoms with van der Waals surface area (Å²) in [7, 11) is 0.